The lowest BCUT2D eigenvalue weighted by Crippen LogP contribution is -2.30. The number of aliphatic hydroxyl groups excluding tert-OH is 1. The molecule has 2 heterocycles. The first-order valence-electron chi connectivity index (χ1n) is 7.76. The van der Waals surface area contributed by atoms with Gasteiger partial charge in [-0.1, -0.05) is 0 Å². The monoisotopic (exact) mass is 294 g/mol. The summed E-state index contributed by atoms with van der Waals surface area (Å²) in [5.41, 5.74) is 0. The molecule has 6 nitrogen and oxygen atoms in total. The SMILES string of the molecule is CCNc1cc(N2CCCC2CCCO)nc(COC)n1. The average molecular weight is 294 g/mol. The highest BCUT2D eigenvalue weighted by Gasteiger charge is 2.26. The summed E-state index contributed by atoms with van der Waals surface area (Å²) >= 11 is 0. The number of nitrogens with zero attached hydrogens (tertiary/aromatic N) is 3. The maximum Gasteiger partial charge on any atom is 0.158 e. The van der Waals surface area contributed by atoms with Crippen LogP contribution in [0.3, 0.4) is 0 Å². The Morgan fingerprint density at radius 1 is 1.48 bits per heavy atom. The van der Waals surface area contributed by atoms with Crippen molar-refractivity contribution in [2.24, 2.45) is 0 Å². The number of aliphatic hydroxyl groups is 1. The van der Waals surface area contributed by atoms with E-state index in [2.05, 4.69) is 27.1 Å². The summed E-state index contributed by atoms with van der Waals surface area (Å²) < 4.78 is 5.17. The molecule has 2 N–H and O–H groups in total. The predicted octanol–water partition coefficient (Wildman–Crippen LogP) is 1.80. The van der Waals surface area contributed by atoms with Crippen LogP contribution in [0.1, 0.15) is 38.4 Å². The van der Waals surface area contributed by atoms with E-state index in [1.54, 1.807) is 7.11 Å². The number of anilines is 2. The first kappa shape index (κ1) is 16.0. The first-order valence-corrected chi connectivity index (χ1v) is 7.76. The Balaban J connectivity index is 2.19. The van der Waals surface area contributed by atoms with E-state index in [0.717, 1.165) is 37.6 Å². The van der Waals surface area contributed by atoms with E-state index >= 15 is 0 Å². The second kappa shape index (κ2) is 8.14. The lowest BCUT2D eigenvalue weighted by Gasteiger charge is -2.26. The van der Waals surface area contributed by atoms with Crippen LogP contribution in [0.15, 0.2) is 6.07 Å². The van der Waals surface area contributed by atoms with Crippen molar-refractivity contribution in [3.63, 3.8) is 0 Å². The Bertz CT molecular complexity index is 417. The van der Waals surface area contributed by atoms with Crippen LogP contribution in [0.2, 0.25) is 0 Å². The maximum absolute atomic E-state index is 9.04. The van der Waals surface area contributed by atoms with E-state index in [9.17, 15) is 0 Å². The topological polar surface area (TPSA) is 70.5 Å². The highest BCUT2D eigenvalue weighted by Crippen LogP contribution is 2.28. The van der Waals surface area contributed by atoms with Crippen LogP contribution >= 0.6 is 0 Å². The van der Waals surface area contributed by atoms with Gasteiger partial charge in [-0.05, 0) is 32.6 Å². The number of ether oxygens (including phenoxy) is 1. The van der Waals surface area contributed by atoms with Crippen molar-refractivity contribution >= 4 is 11.6 Å². The van der Waals surface area contributed by atoms with Crippen molar-refractivity contribution in [1.29, 1.82) is 0 Å². The molecule has 118 valence electrons. The Hall–Kier alpha value is -1.40. The van der Waals surface area contributed by atoms with Gasteiger partial charge in [-0.2, -0.15) is 0 Å². The van der Waals surface area contributed by atoms with Gasteiger partial charge < -0.3 is 20.1 Å². The number of rotatable bonds is 8. The molecule has 0 amide bonds. The van der Waals surface area contributed by atoms with Crippen molar-refractivity contribution in [2.45, 2.75) is 45.3 Å². The molecule has 1 aliphatic heterocycles. The molecule has 1 aromatic rings. The van der Waals surface area contributed by atoms with Crippen LogP contribution < -0.4 is 10.2 Å². The van der Waals surface area contributed by atoms with E-state index in [1.165, 1.54) is 12.8 Å². The van der Waals surface area contributed by atoms with Crippen LogP contribution in [0, 0.1) is 0 Å². The van der Waals surface area contributed by atoms with E-state index < -0.39 is 0 Å². The Morgan fingerprint density at radius 3 is 3.05 bits per heavy atom. The molecular weight excluding hydrogens is 268 g/mol. The highest BCUT2D eigenvalue weighted by molar-refractivity contribution is 5.50. The highest BCUT2D eigenvalue weighted by atomic mass is 16.5. The molecule has 0 aliphatic carbocycles. The van der Waals surface area contributed by atoms with Crippen LogP contribution in [-0.2, 0) is 11.3 Å². The minimum absolute atomic E-state index is 0.256. The lowest BCUT2D eigenvalue weighted by atomic mass is 10.1. The summed E-state index contributed by atoms with van der Waals surface area (Å²) in [6.45, 7) is 4.58. The molecule has 2 rings (SSSR count). The quantitative estimate of drug-likeness (QED) is 0.762. The summed E-state index contributed by atoms with van der Waals surface area (Å²) in [6.07, 6.45) is 4.20. The number of nitrogens with one attached hydrogen (secondary N) is 1. The van der Waals surface area contributed by atoms with Gasteiger partial charge >= 0.3 is 0 Å². The Labute approximate surface area is 126 Å². The molecule has 1 fully saturated rings. The smallest absolute Gasteiger partial charge is 0.158 e. The molecule has 1 aliphatic rings. The van der Waals surface area contributed by atoms with Crippen LogP contribution in [0.25, 0.3) is 0 Å². The summed E-state index contributed by atoms with van der Waals surface area (Å²) in [7, 11) is 1.66. The van der Waals surface area contributed by atoms with E-state index in [0.29, 0.717) is 18.5 Å². The van der Waals surface area contributed by atoms with Crippen LogP contribution in [0.4, 0.5) is 11.6 Å². The van der Waals surface area contributed by atoms with E-state index in [4.69, 9.17) is 9.84 Å². The van der Waals surface area contributed by atoms with Gasteiger partial charge in [0.2, 0.25) is 0 Å². The molecule has 0 aromatic carbocycles. The third-order valence-corrected chi connectivity index (χ3v) is 3.76. The second-order valence-electron chi connectivity index (χ2n) is 5.35. The van der Waals surface area contributed by atoms with Crippen molar-refractivity contribution in [2.75, 3.05) is 37.0 Å². The summed E-state index contributed by atoms with van der Waals surface area (Å²) in [6, 6.07) is 2.48. The summed E-state index contributed by atoms with van der Waals surface area (Å²) in [5.74, 6) is 2.52. The van der Waals surface area contributed by atoms with Gasteiger partial charge in [0.1, 0.15) is 18.2 Å². The maximum atomic E-state index is 9.04. The van der Waals surface area contributed by atoms with Crippen LogP contribution in [-0.4, -0.2) is 47.9 Å². The fraction of sp³-hybridized carbons (Fsp3) is 0.733. The van der Waals surface area contributed by atoms with Gasteiger partial charge in [-0.15, -0.1) is 0 Å². The zero-order chi connectivity index (χ0) is 15.1. The zero-order valence-electron chi connectivity index (χ0n) is 13.0. The molecule has 1 saturated heterocycles. The summed E-state index contributed by atoms with van der Waals surface area (Å²) in [4.78, 5) is 11.4. The van der Waals surface area contributed by atoms with Gasteiger partial charge in [-0.25, -0.2) is 9.97 Å². The molecule has 0 spiro atoms. The molecule has 0 saturated carbocycles. The van der Waals surface area contributed by atoms with Gasteiger partial charge in [-0.3, -0.25) is 0 Å². The minimum atomic E-state index is 0.256. The minimum Gasteiger partial charge on any atom is -0.396 e. The molecule has 6 heteroatoms. The Kier molecular flexibility index (Phi) is 6.20. The van der Waals surface area contributed by atoms with E-state index in [-0.39, 0.29) is 6.61 Å². The average Bonchev–Trinajstić information content (AvgIpc) is 2.94. The van der Waals surface area contributed by atoms with Crippen molar-refractivity contribution in [1.82, 2.24) is 9.97 Å². The predicted molar refractivity (Wildman–Crippen MR) is 83.6 cm³/mol. The normalized spacial score (nSPS) is 18.2. The first-order chi connectivity index (χ1) is 10.3. The molecule has 0 bridgehead atoms. The van der Waals surface area contributed by atoms with Gasteiger partial charge in [0.15, 0.2) is 5.82 Å². The van der Waals surface area contributed by atoms with Crippen LogP contribution in [0.5, 0.6) is 0 Å². The number of hydrogen-bond donors (Lipinski definition) is 2. The third-order valence-electron chi connectivity index (χ3n) is 3.76. The van der Waals surface area contributed by atoms with Crippen molar-refractivity contribution in [3.05, 3.63) is 11.9 Å². The number of methoxy groups -OCH3 is 1. The van der Waals surface area contributed by atoms with Gasteiger partial charge in [0, 0.05) is 38.9 Å². The number of aromatic nitrogens is 2. The molecule has 1 unspecified atom stereocenters. The third kappa shape index (κ3) is 4.28. The standard InChI is InChI=1S/C15H26N4O2/c1-3-16-13-10-15(18-14(17-13)11-21-2)19-8-4-6-12(19)7-5-9-20/h10,12,20H,3-9,11H2,1-2H3,(H,16,17,18). The molecular formula is C15H26N4O2. The molecule has 21 heavy (non-hydrogen) atoms. The largest absolute Gasteiger partial charge is 0.396 e. The van der Waals surface area contributed by atoms with E-state index in [1.807, 2.05) is 6.07 Å². The second-order valence-corrected chi connectivity index (χ2v) is 5.35. The van der Waals surface area contributed by atoms with Crippen molar-refractivity contribution in [3.8, 4) is 0 Å². The molecule has 1 aromatic heterocycles. The van der Waals surface area contributed by atoms with Gasteiger partial charge in [0.05, 0.1) is 0 Å². The van der Waals surface area contributed by atoms with Crippen molar-refractivity contribution < 1.29 is 9.84 Å². The molecule has 0 radical (unpaired) electrons. The summed E-state index contributed by atoms with van der Waals surface area (Å²) in [5, 5.41) is 12.3. The Morgan fingerprint density at radius 2 is 2.33 bits per heavy atom. The fourth-order valence-electron chi connectivity index (χ4n) is 2.86. The zero-order valence-corrected chi connectivity index (χ0v) is 13.0. The number of hydrogen-bond acceptors (Lipinski definition) is 6. The lowest BCUT2D eigenvalue weighted by molar-refractivity contribution is 0.178. The van der Waals surface area contributed by atoms with Gasteiger partial charge in [0.25, 0.3) is 0 Å². The fourth-order valence-corrected chi connectivity index (χ4v) is 2.86. The molecule has 1 atom stereocenters.